The van der Waals surface area contributed by atoms with Gasteiger partial charge in [-0.3, -0.25) is 9.48 Å². The highest BCUT2D eigenvalue weighted by molar-refractivity contribution is 5.98. The summed E-state index contributed by atoms with van der Waals surface area (Å²) in [7, 11) is 1.61. The number of unbranched alkanes of at least 4 members (excludes halogenated alkanes) is 1. The first-order valence-electron chi connectivity index (χ1n) is 8.35. The fourth-order valence-electron chi connectivity index (χ4n) is 3.41. The van der Waals surface area contributed by atoms with Gasteiger partial charge in [0.1, 0.15) is 5.69 Å². The van der Waals surface area contributed by atoms with Gasteiger partial charge in [0.2, 0.25) is 0 Å². The molecule has 0 N–H and O–H groups in total. The van der Waals surface area contributed by atoms with Crippen LogP contribution in [0.15, 0.2) is 6.20 Å². The maximum Gasteiger partial charge on any atom is 0.187 e. The SMILES string of the molecule is CCCCC1CCC(C(=O)c2c(OC)cnn2CC)CC1. The zero-order valence-electron chi connectivity index (χ0n) is 13.6. The lowest BCUT2D eigenvalue weighted by Gasteiger charge is -2.27. The topological polar surface area (TPSA) is 44.1 Å². The minimum absolute atomic E-state index is 0.152. The fourth-order valence-corrected chi connectivity index (χ4v) is 3.41. The molecular formula is C17H28N2O2. The van der Waals surface area contributed by atoms with Crippen molar-refractivity contribution in [3.05, 3.63) is 11.9 Å². The first-order valence-corrected chi connectivity index (χ1v) is 8.35. The number of rotatable bonds is 7. The van der Waals surface area contributed by atoms with Crippen LogP contribution in [0, 0.1) is 11.8 Å². The van der Waals surface area contributed by atoms with Crippen LogP contribution in [0.2, 0.25) is 0 Å². The molecule has 1 aliphatic carbocycles. The largest absolute Gasteiger partial charge is 0.493 e. The van der Waals surface area contributed by atoms with Crippen molar-refractivity contribution in [1.82, 2.24) is 9.78 Å². The van der Waals surface area contributed by atoms with Crippen molar-refractivity contribution in [2.75, 3.05) is 7.11 Å². The summed E-state index contributed by atoms with van der Waals surface area (Å²) in [5.74, 6) is 1.82. The van der Waals surface area contributed by atoms with E-state index in [1.807, 2.05) is 6.92 Å². The molecule has 4 nitrogen and oxygen atoms in total. The van der Waals surface area contributed by atoms with Crippen LogP contribution in [0.25, 0.3) is 0 Å². The lowest BCUT2D eigenvalue weighted by Crippen LogP contribution is -2.24. The Bertz CT molecular complexity index is 438. The van der Waals surface area contributed by atoms with E-state index in [0.29, 0.717) is 18.0 Å². The zero-order chi connectivity index (χ0) is 15.2. The molecule has 1 fully saturated rings. The minimum atomic E-state index is 0.152. The summed E-state index contributed by atoms with van der Waals surface area (Å²) in [5.41, 5.74) is 0.664. The van der Waals surface area contributed by atoms with Gasteiger partial charge in [-0.25, -0.2) is 0 Å². The van der Waals surface area contributed by atoms with Crippen LogP contribution in [0.4, 0.5) is 0 Å². The molecule has 0 spiro atoms. The van der Waals surface area contributed by atoms with Crippen LogP contribution in [0.5, 0.6) is 5.75 Å². The van der Waals surface area contributed by atoms with Crippen LogP contribution >= 0.6 is 0 Å². The molecule has 1 aromatic rings. The molecule has 0 saturated heterocycles. The van der Waals surface area contributed by atoms with E-state index in [4.69, 9.17) is 4.74 Å². The number of nitrogens with zero attached hydrogens (tertiary/aromatic N) is 2. The van der Waals surface area contributed by atoms with Crippen molar-refractivity contribution in [3.63, 3.8) is 0 Å². The number of carbonyl (C=O) groups excluding carboxylic acids is 1. The van der Waals surface area contributed by atoms with Crippen LogP contribution in [-0.2, 0) is 6.54 Å². The van der Waals surface area contributed by atoms with Gasteiger partial charge in [-0.1, -0.05) is 26.2 Å². The third kappa shape index (κ3) is 3.66. The van der Waals surface area contributed by atoms with Crippen molar-refractivity contribution in [3.8, 4) is 5.75 Å². The highest BCUT2D eigenvalue weighted by atomic mass is 16.5. The van der Waals surface area contributed by atoms with Gasteiger partial charge in [0.25, 0.3) is 0 Å². The Morgan fingerprint density at radius 2 is 2.05 bits per heavy atom. The number of ether oxygens (including phenoxy) is 1. The standard InChI is InChI=1S/C17H28N2O2/c1-4-6-7-13-8-10-14(11-9-13)17(20)16-15(21-3)12-18-19(16)5-2/h12-14H,4-11H2,1-3H3. The van der Waals surface area contributed by atoms with Gasteiger partial charge in [-0.2, -0.15) is 5.10 Å². The molecule has 2 rings (SSSR count). The number of methoxy groups -OCH3 is 1. The van der Waals surface area contributed by atoms with E-state index in [1.165, 1.54) is 32.1 Å². The quantitative estimate of drug-likeness (QED) is 0.711. The van der Waals surface area contributed by atoms with Gasteiger partial charge < -0.3 is 4.74 Å². The summed E-state index contributed by atoms with van der Waals surface area (Å²) in [6, 6.07) is 0. The van der Waals surface area contributed by atoms with Crippen LogP contribution in [0.1, 0.15) is 69.3 Å². The number of aryl methyl sites for hydroxylation is 1. The Kier molecular flexibility index (Phi) is 5.83. The number of hydrogen-bond acceptors (Lipinski definition) is 3. The van der Waals surface area contributed by atoms with Crippen LogP contribution in [0.3, 0.4) is 0 Å². The Balaban J connectivity index is 2.00. The van der Waals surface area contributed by atoms with Crippen LogP contribution < -0.4 is 4.74 Å². The van der Waals surface area contributed by atoms with E-state index < -0.39 is 0 Å². The number of carbonyl (C=O) groups is 1. The fraction of sp³-hybridized carbons (Fsp3) is 0.765. The maximum absolute atomic E-state index is 12.8. The van der Waals surface area contributed by atoms with Gasteiger partial charge in [-0.15, -0.1) is 0 Å². The monoisotopic (exact) mass is 292 g/mol. The van der Waals surface area contributed by atoms with Crippen molar-refractivity contribution >= 4 is 5.78 Å². The molecule has 1 heterocycles. The smallest absolute Gasteiger partial charge is 0.187 e. The van der Waals surface area contributed by atoms with E-state index in [-0.39, 0.29) is 11.7 Å². The highest BCUT2D eigenvalue weighted by Crippen LogP contribution is 2.35. The highest BCUT2D eigenvalue weighted by Gasteiger charge is 2.30. The Morgan fingerprint density at radius 1 is 1.33 bits per heavy atom. The molecule has 118 valence electrons. The van der Waals surface area contributed by atoms with E-state index in [1.54, 1.807) is 18.0 Å². The average molecular weight is 292 g/mol. The summed E-state index contributed by atoms with van der Waals surface area (Å²) in [6.07, 6.45) is 10.00. The van der Waals surface area contributed by atoms with E-state index in [0.717, 1.165) is 18.8 Å². The molecule has 0 radical (unpaired) electrons. The van der Waals surface area contributed by atoms with Gasteiger partial charge in [0.05, 0.1) is 13.3 Å². The summed E-state index contributed by atoms with van der Waals surface area (Å²) < 4.78 is 7.08. The molecule has 1 aliphatic rings. The molecule has 0 amide bonds. The lowest BCUT2D eigenvalue weighted by atomic mass is 9.77. The van der Waals surface area contributed by atoms with E-state index >= 15 is 0 Å². The van der Waals surface area contributed by atoms with Crippen LogP contribution in [-0.4, -0.2) is 22.7 Å². The third-order valence-electron chi connectivity index (χ3n) is 4.74. The maximum atomic E-state index is 12.8. The molecular weight excluding hydrogens is 264 g/mol. The number of hydrogen-bond donors (Lipinski definition) is 0. The minimum Gasteiger partial charge on any atom is -0.493 e. The molecule has 0 aromatic carbocycles. The molecule has 4 heteroatoms. The number of Topliss-reactive ketones (excluding diaryl/α,β-unsaturated/α-hetero) is 1. The number of ketones is 1. The van der Waals surface area contributed by atoms with Gasteiger partial charge in [0, 0.05) is 12.5 Å². The number of aromatic nitrogens is 2. The normalized spacial score (nSPS) is 22.2. The van der Waals surface area contributed by atoms with Gasteiger partial charge in [0.15, 0.2) is 11.5 Å². The second-order valence-electron chi connectivity index (χ2n) is 6.10. The van der Waals surface area contributed by atoms with Crippen molar-refractivity contribution < 1.29 is 9.53 Å². The van der Waals surface area contributed by atoms with Crippen molar-refractivity contribution in [2.24, 2.45) is 11.8 Å². The van der Waals surface area contributed by atoms with Gasteiger partial charge >= 0.3 is 0 Å². The molecule has 21 heavy (non-hydrogen) atoms. The predicted octanol–water partition coefficient (Wildman–Crippen LogP) is 4.09. The second kappa shape index (κ2) is 7.62. The molecule has 0 atom stereocenters. The van der Waals surface area contributed by atoms with Gasteiger partial charge in [-0.05, 0) is 38.5 Å². The second-order valence-corrected chi connectivity index (χ2v) is 6.10. The summed E-state index contributed by atoms with van der Waals surface area (Å²) in [4.78, 5) is 12.8. The third-order valence-corrected chi connectivity index (χ3v) is 4.74. The zero-order valence-corrected chi connectivity index (χ0v) is 13.6. The van der Waals surface area contributed by atoms with E-state index in [9.17, 15) is 4.79 Å². The molecule has 0 bridgehead atoms. The first-order chi connectivity index (χ1) is 10.2. The summed E-state index contributed by atoms with van der Waals surface area (Å²) >= 11 is 0. The molecule has 1 saturated carbocycles. The van der Waals surface area contributed by atoms with Crippen molar-refractivity contribution in [2.45, 2.75) is 65.3 Å². The predicted molar refractivity (Wildman–Crippen MR) is 83.8 cm³/mol. The first kappa shape index (κ1) is 16.1. The Labute approximate surface area is 127 Å². The molecule has 1 aromatic heterocycles. The lowest BCUT2D eigenvalue weighted by molar-refractivity contribution is 0.0855. The average Bonchev–Trinajstić information content (AvgIpc) is 2.95. The summed E-state index contributed by atoms with van der Waals surface area (Å²) in [6.45, 7) is 4.95. The Hall–Kier alpha value is -1.32. The molecule has 0 aliphatic heterocycles. The van der Waals surface area contributed by atoms with E-state index in [2.05, 4.69) is 12.0 Å². The molecule has 0 unspecified atom stereocenters. The Morgan fingerprint density at radius 3 is 2.62 bits per heavy atom. The van der Waals surface area contributed by atoms with Crippen molar-refractivity contribution in [1.29, 1.82) is 0 Å². The summed E-state index contributed by atoms with van der Waals surface area (Å²) in [5, 5.41) is 4.25.